The van der Waals surface area contributed by atoms with Crippen LogP contribution in [0.25, 0.3) is 10.9 Å². The van der Waals surface area contributed by atoms with Crippen LogP contribution in [0.15, 0.2) is 29.2 Å². The Hall–Kier alpha value is -2.18. The van der Waals surface area contributed by atoms with Gasteiger partial charge in [-0.15, -0.1) is 0 Å². The molecule has 6 nitrogen and oxygen atoms in total. The first-order chi connectivity index (χ1) is 11.5. The lowest BCUT2D eigenvalue weighted by atomic mass is 10.1. The van der Waals surface area contributed by atoms with E-state index in [1.54, 1.807) is 17.6 Å². The lowest BCUT2D eigenvalue weighted by molar-refractivity contribution is 0.0523. The van der Waals surface area contributed by atoms with Gasteiger partial charge < -0.3 is 19.5 Å². The van der Waals surface area contributed by atoms with Crippen molar-refractivity contribution in [1.82, 2.24) is 4.57 Å². The molecule has 0 saturated heterocycles. The third kappa shape index (κ3) is 4.01. The second kappa shape index (κ2) is 9.20. The summed E-state index contributed by atoms with van der Waals surface area (Å²) < 4.78 is 6.77. The summed E-state index contributed by atoms with van der Waals surface area (Å²) in [5.41, 5.74) is 1.33. The molecule has 0 aliphatic carbocycles. The average molecular weight is 335 g/mol. The summed E-state index contributed by atoms with van der Waals surface area (Å²) in [7, 11) is 1.00. The van der Waals surface area contributed by atoms with Crippen LogP contribution < -0.4 is 5.43 Å². The van der Waals surface area contributed by atoms with Gasteiger partial charge in [0.25, 0.3) is 0 Å². The summed E-state index contributed by atoms with van der Waals surface area (Å²) in [6.07, 6.45) is 2.19. The van der Waals surface area contributed by atoms with E-state index in [1.165, 1.54) is 6.20 Å². The molecule has 0 bridgehead atoms. The van der Waals surface area contributed by atoms with Crippen LogP contribution in [0.4, 0.5) is 0 Å². The summed E-state index contributed by atoms with van der Waals surface area (Å²) >= 11 is 0. The van der Waals surface area contributed by atoms with E-state index in [0.29, 0.717) is 17.3 Å². The summed E-state index contributed by atoms with van der Waals surface area (Å²) in [5.74, 6) is -0.627. The lowest BCUT2D eigenvalue weighted by Gasteiger charge is -2.20. The van der Waals surface area contributed by atoms with Crippen molar-refractivity contribution in [2.45, 2.75) is 33.2 Å². The van der Waals surface area contributed by atoms with E-state index in [2.05, 4.69) is 0 Å². The van der Waals surface area contributed by atoms with Crippen molar-refractivity contribution in [2.75, 3.05) is 20.3 Å². The van der Waals surface area contributed by atoms with Crippen molar-refractivity contribution in [3.05, 3.63) is 45.7 Å². The van der Waals surface area contributed by atoms with Crippen LogP contribution in [-0.4, -0.2) is 41.1 Å². The molecule has 0 amide bonds. The molecule has 1 heterocycles. The number of nitrogens with zero attached hydrogens (tertiary/aromatic N) is 1. The largest absolute Gasteiger partial charge is 0.462 e. The summed E-state index contributed by atoms with van der Waals surface area (Å²) in [6.45, 7) is 5.68. The van der Waals surface area contributed by atoms with Crippen LogP contribution in [-0.2, 0) is 4.74 Å². The molecule has 24 heavy (non-hydrogen) atoms. The normalized spacial score (nSPS) is 11.6. The van der Waals surface area contributed by atoms with Crippen LogP contribution in [0, 0.1) is 6.92 Å². The van der Waals surface area contributed by atoms with Gasteiger partial charge in [-0.2, -0.15) is 0 Å². The molecule has 2 aromatic rings. The molecule has 0 spiro atoms. The maximum Gasteiger partial charge on any atom is 0.343 e. The number of carbonyl (C=O) groups excluding carboxylic acids is 1. The Morgan fingerprint density at radius 2 is 1.96 bits per heavy atom. The molecule has 132 valence electrons. The lowest BCUT2D eigenvalue weighted by Crippen LogP contribution is -2.23. The zero-order valence-corrected chi connectivity index (χ0v) is 14.6. The highest BCUT2D eigenvalue weighted by atomic mass is 16.5. The number of aromatic nitrogens is 1. The standard InChI is InChI=1S/C17H21NO4.CH4O/c1-4-12(10-19)18-9-14(17(21)22-5-2)16(20)13-8-11(3)6-7-15(13)18;1-2/h6-9,12,19H,4-5,10H2,1-3H3;2H,1H3/t12-;/m0./s1. The number of esters is 1. The van der Waals surface area contributed by atoms with Crippen molar-refractivity contribution in [3.63, 3.8) is 0 Å². The quantitative estimate of drug-likeness (QED) is 0.816. The Labute approximate surface area is 141 Å². The fraction of sp³-hybridized carbons (Fsp3) is 0.444. The molecule has 0 fully saturated rings. The van der Waals surface area contributed by atoms with E-state index in [0.717, 1.165) is 12.7 Å². The number of hydrogen-bond donors (Lipinski definition) is 2. The third-order valence-electron chi connectivity index (χ3n) is 3.76. The number of rotatable bonds is 5. The minimum Gasteiger partial charge on any atom is -0.462 e. The van der Waals surface area contributed by atoms with Crippen LogP contribution in [0.2, 0.25) is 0 Å². The van der Waals surface area contributed by atoms with Crippen LogP contribution >= 0.6 is 0 Å². The molecule has 1 atom stereocenters. The van der Waals surface area contributed by atoms with Gasteiger partial charge in [-0.1, -0.05) is 18.6 Å². The first kappa shape index (κ1) is 19.9. The summed E-state index contributed by atoms with van der Waals surface area (Å²) in [4.78, 5) is 24.6. The average Bonchev–Trinajstić information content (AvgIpc) is 2.60. The smallest absolute Gasteiger partial charge is 0.343 e. The molecular formula is C18H25NO5. The Morgan fingerprint density at radius 3 is 2.50 bits per heavy atom. The molecule has 0 aliphatic heterocycles. The Balaban J connectivity index is 0.00000139. The van der Waals surface area contributed by atoms with Crippen molar-refractivity contribution < 1.29 is 19.7 Å². The van der Waals surface area contributed by atoms with Gasteiger partial charge in [0.1, 0.15) is 5.56 Å². The topological polar surface area (TPSA) is 88.8 Å². The van der Waals surface area contributed by atoms with E-state index in [-0.39, 0.29) is 30.2 Å². The van der Waals surface area contributed by atoms with Crippen molar-refractivity contribution in [2.24, 2.45) is 0 Å². The van der Waals surface area contributed by atoms with Gasteiger partial charge in [0.2, 0.25) is 5.43 Å². The molecule has 6 heteroatoms. The van der Waals surface area contributed by atoms with Crippen molar-refractivity contribution >= 4 is 16.9 Å². The number of carbonyl (C=O) groups is 1. The third-order valence-corrected chi connectivity index (χ3v) is 3.76. The monoisotopic (exact) mass is 335 g/mol. The number of aryl methyl sites for hydroxylation is 1. The number of pyridine rings is 1. The van der Waals surface area contributed by atoms with Gasteiger partial charge in [-0.25, -0.2) is 4.79 Å². The summed E-state index contributed by atoms with van der Waals surface area (Å²) in [6, 6.07) is 5.33. The van der Waals surface area contributed by atoms with Crippen LogP contribution in [0.3, 0.4) is 0 Å². The molecule has 0 saturated carbocycles. The first-order valence-electron chi connectivity index (χ1n) is 7.91. The molecule has 2 N–H and O–H groups in total. The fourth-order valence-corrected chi connectivity index (χ4v) is 2.54. The molecule has 1 aromatic carbocycles. The second-order valence-corrected chi connectivity index (χ2v) is 5.26. The predicted octanol–water partition coefficient (Wildman–Crippen LogP) is 2.04. The van der Waals surface area contributed by atoms with Gasteiger partial charge >= 0.3 is 5.97 Å². The van der Waals surface area contributed by atoms with Crippen LogP contribution in [0.1, 0.15) is 42.2 Å². The van der Waals surface area contributed by atoms with Gasteiger partial charge in [-0.3, -0.25) is 4.79 Å². The van der Waals surface area contributed by atoms with E-state index in [9.17, 15) is 14.7 Å². The van der Waals surface area contributed by atoms with Crippen molar-refractivity contribution in [3.8, 4) is 0 Å². The minimum atomic E-state index is -0.627. The number of fused-ring (bicyclic) bond motifs is 1. The van der Waals surface area contributed by atoms with E-state index in [4.69, 9.17) is 9.84 Å². The number of aliphatic hydroxyl groups excluding tert-OH is 2. The summed E-state index contributed by atoms with van der Waals surface area (Å²) in [5, 5.41) is 17.1. The van der Waals surface area contributed by atoms with E-state index >= 15 is 0 Å². The molecule has 0 radical (unpaired) electrons. The first-order valence-corrected chi connectivity index (χ1v) is 7.91. The number of benzene rings is 1. The Bertz CT molecular complexity index is 747. The van der Waals surface area contributed by atoms with Crippen molar-refractivity contribution in [1.29, 1.82) is 0 Å². The number of ether oxygens (including phenoxy) is 1. The SMILES string of the molecule is CCOC(=O)c1cn([C@@H](CC)CO)c2ccc(C)cc2c1=O.CO. The molecule has 1 aromatic heterocycles. The van der Waals surface area contributed by atoms with E-state index in [1.807, 2.05) is 26.0 Å². The Morgan fingerprint density at radius 1 is 1.29 bits per heavy atom. The predicted molar refractivity (Wildman–Crippen MR) is 93.5 cm³/mol. The molecular weight excluding hydrogens is 310 g/mol. The van der Waals surface area contributed by atoms with Gasteiger partial charge in [0.15, 0.2) is 0 Å². The number of hydrogen-bond acceptors (Lipinski definition) is 5. The zero-order chi connectivity index (χ0) is 18.3. The Kier molecular flexibility index (Phi) is 7.61. The highest BCUT2D eigenvalue weighted by Crippen LogP contribution is 2.20. The molecule has 0 aliphatic rings. The van der Waals surface area contributed by atoms with Gasteiger partial charge in [0.05, 0.1) is 24.8 Å². The van der Waals surface area contributed by atoms with Crippen LogP contribution in [0.5, 0.6) is 0 Å². The zero-order valence-electron chi connectivity index (χ0n) is 14.6. The molecule has 2 rings (SSSR count). The van der Waals surface area contributed by atoms with Gasteiger partial charge in [-0.05, 0) is 32.4 Å². The maximum atomic E-state index is 12.6. The minimum absolute atomic E-state index is 0.00634. The number of aliphatic hydroxyl groups is 2. The van der Waals surface area contributed by atoms with E-state index < -0.39 is 5.97 Å². The second-order valence-electron chi connectivity index (χ2n) is 5.26. The van der Waals surface area contributed by atoms with Gasteiger partial charge in [0, 0.05) is 18.7 Å². The molecule has 0 unspecified atom stereocenters. The highest BCUT2D eigenvalue weighted by Gasteiger charge is 2.19. The fourth-order valence-electron chi connectivity index (χ4n) is 2.54. The highest BCUT2D eigenvalue weighted by molar-refractivity contribution is 5.94. The maximum absolute atomic E-state index is 12.6.